The third-order valence-corrected chi connectivity index (χ3v) is 3.84. The normalized spacial score (nSPS) is 26.9. The van der Waals surface area contributed by atoms with Crippen molar-refractivity contribution in [1.82, 2.24) is 0 Å². The number of hydrogen-bond acceptors (Lipinski definition) is 2. The van der Waals surface area contributed by atoms with Crippen molar-refractivity contribution in [1.29, 1.82) is 0 Å². The number of hydrogen-bond donors (Lipinski definition) is 0. The van der Waals surface area contributed by atoms with Crippen molar-refractivity contribution in [2.45, 2.75) is 11.8 Å². The Bertz CT molecular complexity index is 674. The zero-order valence-electron chi connectivity index (χ0n) is 9.88. The summed E-state index contributed by atoms with van der Waals surface area (Å²) >= 11 is 0. The summed E-state index contributed by atoms with van der Waals surface area (Å²) in [5, 5.41) is 0. The van der Waals surface area contributed by atoms with Gasteiger partial charge < -0.3 is 0 Å². The van der Waals surface area contributed by atoms with E-state index in [4.69, 9.17) is 4.99 Å². The van der Waals surface area contributed by atoms with Gasteiger partial charge in [0.15, 0.2) is 0 Å². The number of nitrogens with zero attached hydrogens (tertiary/aromatic N) is 2. The second-order valence-electron chi connectivity index (χ2n) is 4.85. The van der Waals surface area contributed by atoms with Crippen molar-refractivity contribution in [3.63, 3.8) is 0 Å². The van der Waals surface area contributed by atoms with Gasteiger partial charge in [-0.05, 0) is 41.9 Å². The van der Waals surface area contributed by atoms with Gasteiger partial charge in [0.1, 0.15) is 0 Å². The van der Waals surface area contributed by atoms with Gasteiger partial charge in [0.2, 0.25) is 0 Å². The zero-order chi connectivity index (χ0) is 12.0. The molecule has 1 spiro atoms. The molecule has 1 aromatic carbocycles. The molecule has 1 aliphatic carbocycles. The Kier molecular flexibility index (Phi) is 1.84. The predicted octanol–water partition coefficient (Wildman–Crippen LogP) is 3.49. The molecule has 0 radical (unpaired) electrons. The third kappa shape index (κ3) is 1.17. The molecule has 2 heterocycles. The highest BCUT2D eigenvalue weighted by Gasteiger charge is 2.42. The molecule has 1 unspecified atom stereocenters. The van der Waals surface area contributed by atoms with Crippen LogP contribution in [0.1, 0.15) is 12.0 Å². The van der Waals surface area contributed by atoms with Crippen LogP contribution in [0.15, 0.2) is 70.3 Å². The van der Waals surface area contributed by atoms with Gasteiger partial charge in [0, 0.05) is 12.4 Å². The molecule has 4 rings (SSSR count). The Morgan fingerprint density at radius 1 is 1.11 bits per heavy atom. The number of benzene rings is 1. The fourth-order valence-electron chi connectivity index (χ4n) is 2.96. The summed E-state index contributed by atoms with van der Waals surface area (Å²) in [4.78, 5) is 9.03. The van der Waals surface area contributed by atoms with Gasteiger partial charge >= 0.3 is 0 Å². The average molecular weight is 232 g/mol. The third-order valence-electron chi connectivity index (χ3n) is 3.84. The maximum Gasteiger partial charge on any atom is 0.0678 e. The van der Waals surface area contributed by atoms with Gasteiger partial charge in [-0.1, -0.05) is 24.3 Å². The number of aliphatic imine (C=N–C) groups is 2. The largest absolute Gasteiger partial charge is 0.265 e. The first-order valence-corrected chi connectivity index (χ1v) is 6.15. The highest BCUT2D eigenvalue weighted by Crippen LogP contribution is 2.47. The van der Waals surface area contributed by atoms with E-state index in [0.29, 0.717) is 0 Å². The molecule has 2 nitrogen and oxygen atoms in total. The van der Waals surface area contributed by atoms with Crippen LogP contribution in [0.5, 0.6) is 0 Å². The van der Waals surface area contributed by atoms with Crippen LogP contribution in [0, 0.1) is 0 Å². The Morgan fingerprint density at radius 3 is 3.06 bits per heavy atom. The Morgan fingerprint density at radius 2 is 2.06 bits per heavy atom. The van der Waals surface area contributed by atoms with Gasteiger partial charge in [-0.25, -0.2) is 0 Å². The van der Waals surface area contributed by atoms with Gasteiger partial charge in [-0.3, -0.25) is 9.98 Å². The van der Waals surface area contributed by atoms with E-state index >= 15 is 0 Å². The molecule has 0 saturated heterocycles. The SMILES string of the molecule is C1=CC23CC(=CC=N1)C=CC2=Nc1ccccc13. The van der Waals surface area contributed by atoms with Crippen LogP contribution < -0.4 is 0 Å². The van der Waals surface area contributed by atoms with Crippen LogP contribution in [0.3, 0.4) is 0 Å². The van der Waals surface area contributed by atoms with Crippen molar-refractivity contribution < 1.29 is 0 Å². The van der Waals surface area contributed by atoms with E-state index in [1.807, 2.05) is 18.5 Å². The molecule has 1 atom stereocenters. The highest BCUT2D eigenvalue weighted by molar-refractivity contribution is 6.12. The fraction of sp³-hybridized carbons (Fsp3) is 0.125. The average Bonchev–Trinajstić information content (AvgIpc) is 2.71. The minimum atomic E-state index is -0.102. The van der Waals surface area contributed by atoms with Crippen molar-refractivity contribution >= 4 is 17.6 Å². The monoisotopic (exact) mass is 232 g/mol. The summed E-state index contributed by atoms with van der Waals surface area (Å²) in [6.45, 7) is 0. The number of allylic oxidation sites excluding steroid dienone is 5. The fourth-order valence-corrected chi connectivity index (χ4v) is 2.96. The molecule has 2 bridgehead atoms. The second-order valence-corrected chi connectivity index (χ2v) is 4.85. The quantitative estimate of drug-likeness (QED) is 0.654. The van der Waals surface area contributed by atoms with E-state index in [-0.39, 0.29) is 5.41 Å². The van der Waals surface area contributed by atoms with Crippen molar-refractivity contribution in [2.24, 2.45) is 9.98 Å². The van der Waals surface area contributed by atoms with E-state index in [2.05, 4.69) is 47.5 Å². The first kappa shape index (κ1) is 9.77. The smallest absolute Gasteiger partial charge is 0.0678 e. The lowest BCUT2D eigenvalue weighted by Crippen LogP contribution is -2.32. The summed E-state index contributed by atoms with van der Waals surface area (Å²) in [5.41, 5.74) is 4.72. The maximum atomic E-state index is 4.76. The highest BCUT2D eigenvalue weighted by atomic mass is 14.8. The Labute approximate surface area is 106 Å². The van der Waals surface area contributed by atoms with Gasteiger partial charge in [0.05, 0.1) is 16.8 Å². The Hall–Kier alpha value is -2.22. The number of rotatable bonds is 0. The second kappa shape index (κ2) is 3.39. The number of fused-ring (bicyclic) bond motifs is 2. The summed E-state index contributed by atoms with van der Waals surface area (Å²) < 4.78 is 0. The van der Waals surface area contributed by atoms with Crippen LogP contribution in [0.25, 0.3) is 0 Å². The maximum absolute atomic E-state index is 4.76. The molecule has 0 saturated carbocycles. The molecule has 1 aromatic rings. The first-order chi connectivity index (χ1) is 8.88. The summed E-state index contributed by atoms with van der Waals surface area (Å²) in [5.74, 6) is 0. The molecule has 0 amide bonds. The van der Waals surface area contributed by atoms with Gasteiger partial charge in [-0.2, -0.15) is 0 Å². The molecule has 2 heteroatoms. The summed E-state index contributed by atoms with van der Waals surface area (Å²) in [6.07, 6.45) is 13.3. The molecule has 0 fully saturated rings. The van der Waals surface area contributed by atoms with E-state index in [1.165, 1.54) is 11.1 Å². The lowest BCUT2D eigenvalue weighted by Gasteiger charge is -2.31. The molecule has 2 aliphatic heterocycles. The minimum absolute atomic E-state index is 0.102. The molecular formula is C16H12N2. The molecule has 0 N–H and O–H groups in total. The first-order valence-electron chi connectivity index (χ1n) is 6.15. The van der Waals surface area contributed by atoms with Crippen LogP contribution >= 0.6 is 0 Å². The van der Waals surface area contributed by atoms with E-state index in [1.54, 1.807) is 0 Å². The van der Waals surface area contributed by atoms with Gasteiger partial charge in [-0.15, -0.1) is 0 Å². The molecular weight excluding hydrogens is 220 g/mol. The topological polar surface area (TPSA) is 24.7 Å². The van der Waals surface area contributed by atoms with Crippen LogP contribution in [-0.2, 0) is 5.41 Å². The van der Waals surface area contributed by atoms with Crippen molar-refractivity contribution in [2.75, 3.05) is 0 Å². The lowest BCUT2D eigenvalue weighted by atomic mass is 9.70. The van der Waals surface area contributed by atoms with Crippen LogP contribution in [0.4, 0.5) is 5.69 Å². The zero-order valence-corrected chi connectivity index (χ0v) is 9.88. The van der Waals surface area contributed by atoms with Gasteiger partial charge in [0.25, 0.3) is 0 Å². The molecule has 18 heavy (non-hydrogen) atoms. The predicted molar refractivity (Wildman–Crippen MR) is 74.7 cm³/mol. The lowest BCUT2D eigenvalue weighted by molar-refractivity contribution is 0.719. The van der Waals surface area contributed by atoms with E-state index < -0.39 is 0 Å². The molecule has 0 aromatic heterocycles. The minimum Gasteiger partial charge on any atom is -0.265 e. The molecule has 3 aliphatic rings. The Balaban J connectivity index is 2.03. The van der Waals surface area contributed by atoms with E-state index in [0.717, 1.165) is 17.8 Å². The van der Waals surface area contributed by atoms with Crippen LogP contribution in [0.2, 0.25) is 0 Å². The van der Waals surface area contributed by atoms with Crippen molar-refractivity contribution in [3.8, 4) is 0 Å². The van der Waals surface area contributed by atoms with E-state index in [9.17, 15) is 0 Å². The summed E-state index contributed by atoms with van der Waals surface area (Å²) in [6, 6.07) is 8.40. The number of para-hydroxylation sites is 1. The molecule has 86 valence electrons. The van der Waals surface area contributed by atoms with Crippen molar-refractivity contribution in [3.05, 3.63) is 65.9 Å². The summed E-state index contributed by atoms with van der Waals surface area (Å²) in [7, 11) is 0. The standard InChI is InChI=1S/C16H12N2/c1-2-4-14-13(3-1)16-8-10-17-9-7-12(11-16)5-6-15(16)18-14/h1-10H,11H2. The van der Waals surface area contributed by atoms with Crippen LogP contribution in [-0.4, -0.2) is 11.9 Å².